The number of H-pyrrole nitrogens is 1. The summed E-state index contributed by atoms with van der Waals surface area (Å²) in [6.45, 7) is 0. The number of nitrogens with zero attached hydrogens (tertiary/aromatic N) is 1. The number of pyridine rings is 1. The Morgan fingerprint density at radius 1 is 1.17 bits per heavy atom. The van der Waals surface area contributed by atoms with E-state index in [1.54, 1.807) is 16.8 Å². The fourth-order valence-electron chi connectivity index (χ4n) is 1.04. The average molecular weight is 162 g/mol. The molecule has 4 nitrogen and oxygen atoms in total. The summed E-state index contributed by atoms with van der Waals surface area (Å²) in [5.74, 6) is 0. The van der Waals surface area contributed by atoms with E-state index in [4.69, 9.17) is 0 Å². The first-order chi connectivity index (χ1) is 5.75. The molecule has 0 aromatic carbocycles. The molecule has 0 saturated heterocycles. The molecule has 0 amide bonds. The minimum Gasteiger partial charge on any atom is -0.310 e. The second-order valence-corrected chi connectivity index (χ2v) is 2.46. The monoisotopic (exact) mass is 162 g/mol. The molecule has 0 spiro atoms. The summed E-state index contributed by atoms with van der Waals surface area (Å²) >= 11 is 0. The maximum Gasteiger partial charge on any atom is 0.250 e. The molecule has 0 saturated carbocycles. The van der Waals surface area contributed by atoms with Crippen LogP contribution < -0.4 is 11.0 Å². The summed E-state index contributed by atoms with van der Waals surface area (Å²) in [7, 11) is 0. The van der Waals surface area contributed by atoms with Crippen molar-refractivity contribution < 1.29 is 0 Å². The molecule has 0 aliphatic carbocycles. The molecule has 0 atom stereocenters. The molecule has 2 aromatic rings. The van der Waals surface area contributed by atoms with Gasteiger partial charge in [0.15, 0.2) is 5.43 Å². The van der Waals surface area contributed by atoms with Gasteiger partial charge in [-0.2, -0.15) is 0 Å². The SMILES string of the molecule is O=c1ccn2ccc(=O)[nH]c2c1. The Morgan fingerprint density at radius 3 is 2.75 bits per heavy atom. The molecule has 0 bridgehead atoms. The van der Waals surface area contributed by atoms with Crippen LogP contribution in [0.5, 0.6) is 0 Å². The van der Waals surface area contributed by atoms with Crippen molar-refractivity contribution >= 4 is 5.65 Å². The van der Waals surface area contributed by atoms with Crippen molar-refractivity contribution in [3.63, 3.8) is 0 Å². The largest absolute Gasteiger partial charge is 0.310 e. The number of hydrogen-bond acceptors (Lipinski definition) is 2. The predicted octanol–water partition coefficient (Wildman–Crippen LogP) is -0.0122. The van der Waals surface area contributed by atoms with Crippen molar-refractivity contribution in [3.8, 4) is 0 Å². The van der Waals surface area contributed by atoms with Gasteiger partial charge in [0.1, 0.15) is 5.65 Å². The lowest BCUT2D eigenvalue weighted by Crippen LogP contribution is -2.09. The summed E-state index contributed by atoms with van der Waals surface area (Å²) in [4.78, 5) is 24.2. The van der Waals surface area contributed by atoms with Gasteiger partial charge in [0, 0.05) is 30.6 Å². The van der Waals surface area contributed by atoms with Crippen LogP contribution in [0.4, 0.5) is 0 Å². The van der Waals surface area contributed by atoms with E-state index in [0.717, 1.165) is 0 Å². The quantitative estimate of drug-likeness (QED) is 0.592. The van der Waals surface area contributed by atoms with E-state index in [2.05, 4.69) is 4.98 Å². The summed E-state index contributed by atoms with van der Waals surface area (Å²) in [6.07, 6.45) is 3.21. The number of aromatic amines is 1. The van der Waals surface area contributed by atoms with Crippen LogP contribution in [0, 0.1) is 0 Å². The van der Waals surface area contributed by atoms with Gasteiger partial charge in [0.05, 0.1) is 0 Å². The third-order valence-corrected chi connectivity index (χ3v) is 1.59. The van der Waals surface area contributed by atoms with Gasteiger partial charge in [-0.3, -0.25) is 9.59 Å². The van der Waals surface area contributed by atoms with Gasteiger partial charge in [-0.1, -0.05) is 0 Å². The molecule has 0 fully saturated rings. The maximum absolute atomic E-state index is 10.9. The molecule has 12 heavy (non-hydrogen) atoms. The van der Waals surface area contributed by atoms with E-state index in [1.807, 2.05) is 0 Å². The van der Waals surface area contributed by atoms with Crippen LogP contribution in [-0.4, -0.2) is 9.38 Å². The number of nitrogens with one attached hydrogen (secondary N) is 1. The molecule has 0 aliphatic heterocycles. The highest BCUT2D eigenvalue weighted by Crippen LogP contribution is 1.89. The molecular weight excluding hydrogens is 156 g/mol. The molecule has 2 rings (SSSR count). The average Bonchev–Trinajstić information content (AvgIpc) is 2.03. The first kappa shape index (κ1) is 6.84. The molecular formula is C8H6N2O2. The van der Waals surface area contributed by atoms with Crippen LogP contribution in [0.1, 0.15) is 0 Å². The molecule has 2 aromatic heterocycles. The maximum atomic E-state index is 10.9. The zero-order valence-electron chi connectivity index (χ0n) is 6.15. The van der Waals surface area contributed by atoms with E-state index in [0.29, 0.717) is 5.65 Å². The van der Waals surface area contributed by atoms with Crippen LogP contribution >= 0.6 is 0 Å². The standard InChI is InChI=1S/C8H6N2O2/c11-6-1-3-10-4-2-8(12)9-7(10)5-6/h1-5H,(H,9,12). The zero-order chi connectivity index (χ0) is 8.55. The van der Waals surface area contributed by atoms with Gasteiger partial charge in [-0.05, 0) is 0 Å². The lowest BCUT2D eigenvalue weighted by molar-refractivity contribution is 1.07. The normalized spacial score (nSPS) is 10.3. The Kier molecular flexibility index (Phi) is 1.33. The first-order valence-corrected chi connectivity index (χ1v) is 3.47. The van der Waals surface area contributed by atoms with Crippen LogP contribution in [0.3, 0.4) is 0 Å². The van der Waals surface area contributed by atoms with Gasteiger partial charge < -0.3 is 9.38 Å². The van der Waals surface area contributed by atoms with Gasteiger partial charge >= 0.3 is 0 Å². The third-order valence-electron chi connectivity index (χ3n) is 1.59. The third kappa shape index (κ3) is 1.03. The van der Waals surface area contributed by atoms with E-state index < -0.39 is 0 Å². The Labute approximate surface area is 67.1 Å². The van der Waals surface area contributed by atoms with Crippen molar-refractivity contribution in [2.24, 2.45) is 0 Å². The van der Waals surface area contributed by atoms with E-state index in [-0.39, 0.29) is 11.0 Å². The van der Waals surface area contributed by atoms with Crippen LogP contribution in [-0.2, 0) is 0 Å². The molecule has 2 heterocycles. The molecule has 4 heteroatoms. The lowest BCUT2D eigenvalue weighted by Gasteiger charge is -1.96. The number of hydrogen-bond donors (Lipinski definition) is 1. The molecule has 0 radical (unpaired) electrons. The van der Waals surface area contributed by atoms with Crippen molar-refractivity contribution in [1.29, 1.82) is 0 Å². The summed E-state index contributed by atoms with van der Waals surface area (Å²) in [5.41, 5.74) is 0.187. The predicted molar refractivity (Wildman–Crippen MR) is 44.3 cm³/mol. The smallest absolute Gasteiger partial charge is 0.250 e. The van der Waals surface area contributed by atoms with Gasteiger partial charge in [-0.15, -0.1) is 0 Å². The number of aromatic nitrogens is 2. The number of rotatable bonds is 0. The van der Waals surface area contributed by atoms with E-state index >= 15 is 0 Å². The lowest BCUT2D eigenvalue weighted by atomic mass is 10.4. The minimum atomic E-state index is -0.208. The highest BCUT2D eigenvalue weighted by atomic mass is 16.1. The van der Waals surface area contributed by atoms with Crippen molar-refractivity contribution in [3.05, 3.63) is 51.2 Å². The van der Waals surface area contributed by atoms with E-state index in [1.165, 1.54) is 18.2 Å². The van der Waals surface area contributed by atoms with Crippen molar-refractivity contribution in [1.82, 2.24) is 9.38 Å². The molecule has 0 unspecified atom stereocenters. The topological polar surface area (TPSA) is 54.3 Å². The number of fused-ring (bicyclic) bond motifs is 1. The fourth-order valence-corrected chi connectivity index (χ4v) is 1.04. The van der Waals surface area contributed by atoms with E-state index in [9.17, 15) is 9.59 Å². The summed E-state index contributed by atoms with van der Waals surface area (Å²) < 4.78 is 1.67. The van der Waals surface area contributed by atoms with Gasteiger partial charge in [0.25, 0.3) is 5.56 Å². The molecule has 60 valence electrons. The van der Waals surface area contributed by atoms with Crippen LogP contribution in [0.15, 0.2) is 40.2 Å². The molecule has 1 N–H and O–H groups in total. The van der Waals surface area contributed by atoms with Crippen molar-refractivity contribution in [2.45, 2.75) is 0 Å². The molecule has 0 aliphatic rings. The van der Waals surface area contributed by atoms with Crippen LogP contribution in [0.25, 0.3) is 5.65 Å². The van der Waals surface area contributed by atoms with Gasteiger partial charge in [0.2, 0.25) is 0 Å². The van der Waals surface area contributed by atoms with Gasteiger partial charge in [-0.25, -0.2) is 0 Å². The Balaban J connectivity index is 2.98. The summed E-state index contributed by atoms with van der Waals surface area (Å²) in [5, 5.41) is 0. The highest BCUT2D eigenvalue weighted by Gasteiger charge is 1.91. The summed E-state index contributed by atoms with van der Waals surface area (Å²) in [6, 6.07) is 4.21. The zero-order valence-corrected chi connectivity index (χ0v) is 6.15. The van der Waals surface area contributed by atoms with Crippen molar-refractivity contribution in [2.75, 3.05) is 0 Å². The minimum absolute atomic E-state index is 0.114. The first-order valence-electron chi connectivity index (χ1n) is 3.47. The second kappa shape index (κ2) is 2.34. The fraction of sp³-hybridized carbons (Fsp3) is 0. The highest BCUT2D eigenvalue weighted by molar-refractivity contribution is 5.36. The Bertz CT molecular complexity index is 479. The Morgan fingerprint density at radius 2 is 1.92 bits per heavy atom. The second-order valence-electron chi connectivity index (χ2n) is 2.46. The van der Waals surface area contributed by atoms with Crippen LogP contribution in [0.2, 0.25) is 0 Å². The Hall–Kier alpha value is -1.84.